The summed E-state index contributed by atoms with van der Waals surface area (Å²) >= 11 is 0. The van der Waals surface area contributed by atoms with Gasteiger partial charge in [-0.1, -0.05) is 36.9 Å². The fraction of sp³-hybridized carbons (Fsp3) is 0.235. The monoisotopic (exact) mass is 268 g/mol. The SMILES string of the molecule is C=CCOc1ccccc1CN[C@H](C)c1ccccn1. The number of ether oxygens (including phenoxy) is 1. The molecule has 0 aliphatic heterocycles. The van der Waals surface area contributed by atoms with Crippen molar-refractivity contribution in [1.29, 1.82) is 0 Å². The molecule has 0 radical (unpaired) electrons. The highest BCUT2D eigenvalue weighted by atomic mass is 16.5. The van der Waals surface area contributed by atoms with Gasteiger partial charge in [-0.3, -0.25) is 4.98 Å². The van der Waals surface area contributed by atoms with Gasteiger partial charge in [0, 0.05) is 24.3 Å². The van der Waals surface area contributed by atoms with Crippen LogP contribution in [0.25, 0.3) is 0 Å². The van der Waals surface area contributed by atoms with Gasteiger partial charge < -0.3 is 10.1 Å². The maximum atomic E-state index is 5.65. The number of hydrogen-bond acceptors (Lipinski definition) is 3. The molecule has 1 N–H and O–H groups in total. The topological polar surface area (TPSA) is 34.1 Å². The Hall–Kier alpha value is -2.13. The molecule has 2 aromatic rings. The Morgan fingerprint density at radius 2 is 2.05 bits per heavy atom. The van der Waals surface area contributed by atoms with Crippen molar-refractivity contribution in [2.75, 3.05) is 6.61 Å². The van der Waals surface area contributed by atoms with Gasteiger partial charge >= 0.3 is 0 Å². The van der Waals surface area contributed by atoms with Crippen LogP contribution in [0.3, 0.4) is 0 Å². The lowest BCUT2D eigenvalue weighted by Crippen LogP contribution is -2.19. The molecule has 0 unspecified atom stereocenters. The standard InChI is InChI=1S/C17H20N2O/c1-3-12-20-17-10-5-4-8-15(17)13-19-14(2)16-9-6-7-11-18-16/h3-11,14,19H,1,12-13H2,2H3/t14-/m1/s1. The van der Waals surface area contributed by atoms with E-state index in [0.29, 0.717) is 6.61 Å². The van der Waals surface area contributed by atoms with E-state index in [1.807, 2.05) is 42.6 Å². The summed E-state index contributed by atoms with van der Waals surface area (Å²) in [6.45, 7) is 7.04. The van der Waals surface area contributed by atoms with E-state index in [0.717, 1.165) is 23.6 Å². The number of pyridine rings is 1. The van der Waals surface area contributed by atoms with Crippen molar-refractivity contribution in [3.8, 4) is 5.75 Å². The number of aromatic nitrogens is 1. The summed E-state index contributed by atoms with van der Waals surface area (Å²) in [5.41, 5.74) is 2.18. The summed E-state index contributed by atoms with van der Waals surface area (Å²) in [6, 6.07) is 14.2. The lowest BCUT2D eigenvalue weighted by Gasteiger charge is -2.15. The van der Waals surface area contributed by atoms with Crippen LogP contribution in [0.5, 0.6) is 5.75 Å². The minimum Gasteiger partial charge on any atom is -0.489 e. The normalized spacial score (nSPS) is 11.8. The lowest BCUT2D eigenvalue weighted by atomic mass is 10.1. The minimum absolute atomic E-state index is 0.198. The maximum absolute atomic E-state index is 5.65. The summed E-state index contributed by atoms with van der Waals surface area (Å²) in [6.07, 6.45) is 3.56. The zero-order chi connectivity index (χ0) is 14.2. The average molecular weight is 268 g/mol. The third-order valence-corrected chi connectivity index (χ3v) is 3.06. The largest absolute Gasteiger partial charge is 0.489 e. The molecule has 1 aromatic heterocycles. The number of nitrogens with zero attached hydrogens (tertiary/aromatic N) is 1. The van der Waals surface area contributed by atoms with E-state index in [1.54, 1.807) is 6.08 Å². The van der Waals surface area contributed by atoms with Gasteiger partial charge in [-0.15, -0.1) is 0 Å². The van der Waals surface area contributed by atoms with Crippen LogP contribution in [0.4, 0.5) is 0 Å². The van der Waals surface area contributed by atoms with Gasteiger partial charge in [-0.05, 0) is 25.1 Å². The van der Waals surface area contributed by atoms with Gasteiger partial charge in [-0.25, -0.2) is 0 Å². The Kier molecular flexibility index (Phi) is 5.33. The van der Waals surface area contributed by atoms with Gasteiger partial charge in [0.2, 0.25) is 0 Å². The van der Waals surface area contributed by atoms with Crippen molar-refractivity contribution >= 4 is 0 Å². The number of benzene rings is 1. The third kappa shape index (κ3) is 3.93. The van der Waals surface area contributed by atoms with Crippen LogP contribution < -0.4 is 10.1 Å². The van der Waals surface area contributed by atoms with Gasteiger partial charge in [0.15, 0.2) is 0 Å². The number of hydrogen-bond donors (Lipinski definition) is 1. The molecule has 0 bridgehead atoms. The fourth-order valence-electron chi connectivity index (χ4n) is 1.94. The number of rotatable bonds is 7. The van der Waals surface area contributed by atoms with E-state index in [9.17, 15) is 0 Å². The Balaban J connectivity index is 1.98. The number of nitrogens with one attached hydrogen (secondary N) is 1. The van der Waals surface area contributed by atoms with E-state index in [4.69, 9.17) is 4.74 Å². The number of para-hydroxylation sites is 1. The van der Waals surface area contributed by atoms with Crippen LogP contribution in [0, 0.1) is 0 Å². The third-order valence-electron chi connectivity index (χ3n) is 3.06. The predicted molar refractivity (Wildman–Crippen MR) is 81.6 cm³/mol. The molecular weight excluding hydrogens is 248 g/mol. The van der Waals surface area contributed by atoms with Gasteiger partial charge in [0.25, 0.3) is 0 Å². The zero-order valence-corrected chi connectivity index (χ0v) is 11.8. The Morgan fingerprint density at radius 3 is 2.80 bits per heavy atom. The van der Waals surface area contributed by atoms with Crippen molar-refractivity contribution in [2.45, 2.75) is 19.5 Å². The summed E-state index contributed by atoms with van der Waals surface area (Å²) in [5.74, 6) is 0.896. The molecule has 3 nitrogen and oxygen atoms in total. The quantitative estimate of drug-likeness (QED) is 0.780. The molecule has 0 fully saturated rings. The van der Waals surface area contributed by atoms with Crippen LogP contribution in [0.2, 0.25) is 0 Å². The van der Waals surface area contributed by atoms with E-state index in [1.165, 1.54) is 0 Å². The van der Waals surface area contributed by atoms with E-state index in [2.05, 4.69) is 29.9 Å². The molecule has 20 heavy (non-hydrogen) atoms. The van der Waals surface area contributed by atoms with Gasteiger partial charge in [-0.2, -0.15) is 0 Å². The van der Waals surface area contributed by atoms with Gasteiger partial charge in [0.1, 0.15) is 12.4 Å². The van der Waals surface area contributed by atoms with E-state index >= 15 is 0 Å². The molecule has 0 aliphatic carbocycles. The Labute approximate surface area is 120 Å². The minimum atomic E-state index is 0.198. The molecule has 3 heteroatoms. The Bertz CT molecular complexity index is 540. The molecule has 104 valence electrons. The highest BCUT2D eigenvalue weighted by Crippen LogP contribution is 2.19. The molecule has 2 rings (SSSR count). The first-order valence-corrected chi connectivity index (χ1v) is 6.77. The first-order chi connectivity index (χ1) is 9.81. The van der Waals surface area contributed by atoms with Crippen molar-refractivity contribution < 1.29 is 4.74 Å². The highest BCUT2D eigenvalue weighted by molar-refractivity contribution is 5.33. The summed E-state index contributed by atoms with van der Waals surface area (Å²) < 4.78 is 5.65. The Morgan fingerprint density at radius 1 is 1.25 bits per heavy atom. The van der Waals surface area contributed by atoms with Crippen LogP contribution in [0.15, 0.2) is 61.3 Å². The molecule has 0 aliphatic rings. The molecule has 1 aromatic carbocycles. The molecule has 0 saturated heterocycles. The van der Waals surface area contributed by atoms with E-state index in [-0.39, 0.29) is 6.04 Å². The molecule has 1 atom stereocenters. The van der Waals surface area contributed by atoms with E-state index < -0.39 is 0 Å². The van der Waals surface area contributed by atoms with Crippen LogP contribution in [-0.2, 0) is 6.54 Å². The average Bonchev–Trinajstić information content (AvgIpc) is 2.52. The van der Waals surface area contributed by atoms with Crippen molar-refractivity contribution in [1.82, 2.24) is 10.3 Å². The molecule has 0 spiro atoms. The summed E-state index contributed by atoms with van der Waals surface area (Å²) in [5, 5.41) is 3.46. The second-order valence-corrected chi connectivity index (χ2v) is 4.56. The van der Waals surface area contributed by atoms with Crippen LogP contribution in [0.1, 0.15) is 24.2 Å². The maximum Gasteiger partial charge on any atom is 0.124 e. The first-order valence-electron chi connectivity index (χ1n) is 6.77. The second kappa shape index (κ2) is 7.46. The molecule has 0 saturated carbocycles. The second-order valence-electron chi connectivity index (χ2n) is 4.56. The first kappa shape index (κ1) is 14.3. The lowest BCUT2D eigenvalue weighted by molar-refractivity contribution is 0.357. The smallest absolute Gasteiger partial charge is 0.124 e. The fourth-order valence-corrected chi connectivity index (χ4v) is 1.94. The van der Waals surface area contributed by atoms with Gasteiger partial charge in [0.05, 0.1) is 5.69 Å². The zero-order valence-electron chi connectivity index (χ0n) is 11.8. The van der Waals surface area contributed by atoms with Crippen molar-refractivity contribution in [3.63, 3.8) is 0 Å². The molecular formula is C17H20N2O. The highest BCUT2D eigenvalue weighted by Gasteiger charge is 2.07. The molecule has 1 heterocycles. The van der Waals surface area contributed by atoms with Crippen molar-refractivity contribution in [2.24, 2.45) is 0 Å². The predicted octanol–water partition coefficient (Wildman–Crippen LogP) is 3.50. The van der Waals surface area contributed by atoms with Crippen LogP contribution in [-0.4, -0.2) is 11.6 Å². The summed E-state index contributed by atoms with van der Waals surface area (Å²) in [7, 11) is 0. The van der Waals surface area contributed by atoms with Crippen molar-refractivity contribution in [3.05, 3.63) is 72.6 Å². The summed E-state index contributed by atoms with van der Waals surface area (Å²) in [4.78, 5) is 4.36. The van der Waals surface area contributed by atoms with Crippen LogP contribution >= 0.6 is 0 Å². The molecule has 0 amide bonds.